The summed E-state index contributed by atoms with van der Waals surface area (Å²) in [5.74, 6) is 0.624. The predicted octanol–water partition coefficient (Wildman–Crippen LogP) is 6.22. The van der Waals surface area contributed by atoms with Gasteiger partial charge in [-0.05, 0) is 55.7 Å². The highest BCUT2D eigenvalue weighted by molar-refractivity contribution is 7.15. The Labute approximate surface area is 202 Å². The zero-order chi connectivity index (χ0) is 23.8. The molecule has 3 rings (SSSR count). The first-order valence-corrected chi connectivity index (χ1v) is 11.9. The summed E-state index contributed by atoms with van der Waals surface area (Å²) in [6.07, 6.45) is 0.756. The average molecular weight is 488 g/mol. The molecule has 0 saturated heterocycles. The molecule has 0 saturated carbocycles. The van der Waals surface area contributed by atoms with E-state index in [1.165, 1.54) is 11.3 Å². The third kappa shape index (κ3) is 6.27. The topological polar surface area (TPSA) is 73.9 Å². The van der Waals surface area contributed by atoms with Gasteiger partial charge in [-0.3, -0.25) is 4.79 Å². The molecule has 3 aromatic rings. The fourth-order valence-electron chi connectivity index (χ4n) is 3.29. The van der Waals surface area contributed by atoms with Gasteiger partial charge >= 0.3 is 5.97 Å². The Hall–Kier alpha value is -3.03. The Morgan fingerprint density at radius 1 is 1.03 bits per heavy atom. The number of thiophene rings is 1. The molecule has 1 amide bonds. The highest BCUT2D eigenvalue weighted by atomic mass is 35.5. The molecule has 1 N–H and O–H groups in total. The number of amides is 1. The normalized spacial score (nSPS) is 10.5. The van der Waals surface area contributed by atoms with Crippen LogP contribution >= 0.6 is 22.9 Å². The van der Waals surface area contributed by atoms with E-state index in [2.05, 4.69) is 5.32 Å². The summed E-state index contributed by atoms with van der Waals surface area (Å²) < 4.78 is 16.2. The molecular formula is C25H26ClNO5S. The highest BCUT2D eigenvalue weighted by Gasteiger charge is 2.23. The quantitative estimate of drug-likeness (QED) is 0.343. The second kappa shape index (κ2) is 11.7. The van der Waals surface area contributed by atoms with Gasteiger partial charge in [0, 0.05) is 22.4 Å². The van der Waals surface area contributed by atoms with Gasteiger partial charge in [0.05, 0.1) is 20.3 Å². The lowest BCUT2D eigenvalue weighted by Crippen LogP contribution is -2.15. The van der Waals surface area contributed by atoms with E-state index in [1.807, 2.05) is 42.6 Å². The van der Waals surface area contributed by atoms with Crippen molar-refractivity contribution >= 4 is 39.8 Å². The minimum atomic E-state index is -0.477. The van der Waals surface area contributed by atoms with Crippen molar-refractivity contribution in [3.63, 3.8) is 0 Å². The van der Waals surface area contributed by atoms with Crippen molar-refractivity contribution < 1.29 is 23.8 Å². The Kier molecular flexibility index (Phi) is 8.74. The number of hydrogen-bond acceptors (Lipinski definition) is 6. The largest absolute Gasteiger partial charge is 0.493 e. The van der Waals surface area contributed by atoms with Gasteiger partial charge in [0.1, 0.15) is 10.6 Å². The van der Waals surface area contributed by atoms with E-state index >= 15 is 0 Å². The zero-order valence-electron chi connectivity index (χ0n) is 18.8. The van der Waals surface area contributed by atoms with Gasteiger partial charge < -0.3 is 19.5 Å². The summed E-state index contributed by atoms with van der Waals surface area (Å²) in [4.78, 5) is 25.4. The number of nitrogens with one attached hydrogen (secondary N) is 1. The lowest BCUT2D eigenvalue weighted by atomic mass is 10.0. The molecule has 0 bridgehead atoms. The van der Waals surface area contributed by atoms with E-state index in [0.29, 0.717) is 45.7 Å². The maximum absolute atomic E-state index is 12.7. The summed E-state index contributed by atoms with van der Waals surface area (Å²) in [6.45, 7) is 4.43. The molecule has 33 heavy (non-hydrogen) atoms. The Morgan fingerprint density at radius 2 is 1.79 bits per heavy atom. The standard InChI is InChI=1S/C25H26ClNO5S/c1-4-31-20-12-6-16(14-21(20)30-3)7-13-22(28)27-24-23(25(29)32-5-2)19(15-33-24)17-8-10-18(26)11-9-17/h6,8-12,14-15H,4-5,7,13H2,1-3H3,(H,27,28). The number of aryl methyl sites for hydroxylation is 1. The van der Waals surface area contributed by atoms with Crippen molar-refractivity contribution in [1.29, 1.82) is 0 Å². The smallest absolute Gasteiger partial charge is 0.341 e. The number of carbonyl (C=O) groups excluding carboxylic acids is 2. The fourth-order valence-corrected chi connectivity index (χ4v) is 4.39. The third-order valence-electron chi connectivity index (χ3n) is 4.85. The van der Waals surface area contributed by atoms with E-state index in [0.717, 1.165) is 11.1 Å². The molecule has 0 fully saturated rings. The minimum Gasteiger partial charge on any atom is -0.493 e. The first kappa shape index (κ1) is 24.6. The van der Waals surface area contributed by atoms with Crippen LogP contribution < -0.4 is 14.8 Å². The number of halogens is 1. The Balaban J connectivity index is 1.75. The summed E-state index contributed by atoms with van der Waals surface area (Å²) in [6, 6.07) is 12.8. The van der Waals surface area contributed by atoms with E-state index in [4.69, 9.17) is 25.8 Å². The number of rotatable bonds is 10. The van der Waals surface area contributed by atoms with Gasteiger partial charge in [-0.2, -0.15) is 0 Å². The lowest BCUT2D eigenvalue weighted by molar-refractivity contribution is -0.116. The molecule has 0 aliphatic carbocycles. The number of ether oxygens (including phenoxy) is 3. The Morgan fingerprint density at radius 3 is 2.45 bits per heavy atom. The van der Waals surface area contributed by atoms with Gasteiger partial charge in [0.2, 0.25) is 5.91 Å². The molecule has 174 valence electrons. The molecule has 6 nitrogen and oxygen atoms in total. The molecule has 0 aliphatic rings. The molecule has 0 spiro atoms. The van der Waals surface area contributed by atoms with Crippen LogP contribution in [0, 0.1) is 0 Å². The number of anilines is 1. The molecule has 2 aromatic carbocycles. The number of carbonyl (C=O) groups is 2. The summed E-state index contributed by atoms with van der Waals surface area (Å²) >= 11 is 7.28. The molecule has 8 heteroatoms. The second-order valence-corrected chi connectivity index (χ2v) is 8.36. The number of methoxy groups -OCH3 is 1. The van der Waals surface area contributed by atoms with Crippen LogP contribution in [0.2, 0.25) is 5.02 Å². The van der Waals surface area contributed by atoms with Crippen molar-refractivity contribution in [3.8, 4) is 22.6 Å². The third-order valence-corrected chi connectivity index (χ3v) is 5.99. The van der Waals surface area contributed by atoms with Gasteiger partial charge in [-0.15, -0.1) is 11.3 Å². The number of benzene rings is 2. The van der Waals surface area contributed by atoms with Gasteiger partial charge in [-0.25, -0.2) is 4.79 Å². The zero-order valence-corrected chi connectivity index (χ0v) is 20.3. The minimum absolute atomic E-state index is 0.196. The van der Waals surface area contributed by atoms with E-state index < -0.39 is 5.97 Å². The van der Waals surface area contributed by atoms with E-state index in [1.54, 1.807) is 26.2 Å². The van der Waals surface area contributed by atoms with Crippen LogP contribution in [-0.4, -0.2) is 32.2 Å². The average Bonchev–Trinajstić information content (AvgIpc) is 3.22. The highest BCUT2D eigenvalue weighted by Crippen LogP contribution is 2.37. The summed E-state index contributed by atoms with van der Waals surface area (Å²) in [7, 11) is 1.58. The molecule has 1 heterocycles. The lowest BCUT2D eigenvalue weighted by Gasteiger charge is -2.11. The maximum atomic E-state index is 12.7. The van der Waals surface area contributed by atoms with Crippen LogP contribution in [0.5, 0.6) is 11.5 Å². The van der Waals surface area contributed by atoms with E-state index in [9.17, 15) is 9.59 Å². The van der Waals surface area contributed by atoms with Gasteiger partial charge in [-0.1, -0.05) is 29.8 Å². The molecule has 0 atom stereocenters. The van der Waals surface area contributed by atoms with Crippen LogP contribution in [0.4, 0.5) is 5.00 Å². The van der Waals surface area contributed by atoms with Crippen molar-refractivity contribution in [3.05, 3.63) is 64.0 Å². The van der Waals surface area contributed by atoms with Crippen LogP contribution in [0.3, 0.4) is 0 Å². The first-order valence-electron chi connectivity index (χ1n) is 10.6. The molecule has 1 aromatic heterocycles. The monoisotopic (exact) mass is 487 g/mol. The van der Waals surface area contributed by atoms with Crippen LogP contribution in [-0.2, 0) is 16.0 Å². The van der Waals surface area contributed by atoms with Crippen molar-refractivity contribution in [1.82, 2.24) is 0 Å². The SMILES string of the molecule is CCOC(=O)c1c(-c2ccc(Cl)cc2)csc1NC(=O)CCc1ccc(OCC)c(OC)c1. The van der Waals surface area contributed by atoms with Gasteiger partial charge in [0.15, 0.2) is 11.5 Å². The first-order chi connectivity index (χ1) is 16.0. The summed E-state index contributed by atoms with van der Waals surface area (Å²) in [5.41, 5.74) is 2.81. The predicted molar refractivity (Wildman–Crippen MR) is 132 cm³/mol. The number of esters is 1. The molecule has 0 radical (unpaired) electrons. The van der Waals surface area contributed by atoms with Crippen molar-refractivity contribution in [2.24, 2.45) is 0 Å². The molecule has 0 unspecified atom stereocenters. The van der Waals surface area contributed by atoms with Gasteiger partial charge in [0.25, 0.3) is 0 Å². The van der Waals surface area contributed by atoms with Crippen molar-refractivity contribution in [2.75, 3.05) is 25.6 Å². The Bertz CT molecular complexity index is 1110. The summed E-state index contributed by atoms with van der Waals surface area (Å²) in [5, 5.41) is 5.78. The number of hydrogen-bond donors (Lipinski definition) is 1. The van der Waals surface area contributed by atoms with E-state index in [-0.39, 0.29) is 18.9 Å². The van der Waals surface area contributed by atoms with Crippen molar-refractivity contribution in [2.45, 2.75) is 26.7 Å². The second-order valence-electron chi connectivity index (χ2n) is 7.05. The van der Waals surface area contributed by atoms with Crippen LogP contribution in [0.15, 0.2) is 47.8 Å². The fraction of sp³-hybridized carbons (Fsp3) is 0.280. The molecule has 0 aliphatic heterocycles. The molecular weight excluding hydrogens is 462 g/mol. The van der Waals surface area contributed by atoms with Crippen LogP contribution in [0.25, 0.3) is 11.1 Å². The maximum Gasteiger partial charge on any atom is 0.341 e. The van der Waals surface area contributed by atoms with Crippen LogP contribution in [0.1, 0.15) is 36.2 Å².